The van der Waals surface area contributed by atoms with Crippen molar-refractivity contribution in [3.8, 4) is 0 Å². The average molecular weight is 279 g/mol. The molecule has 0 aromatic heterocycles. The Balaban J connectivity index is 2.06. The molecule has 4 heteroatoms. The topological polar surface area (TPSA) is 29.3 Å². The predicted octanol–water partition coefficient (Wildman–Crippen LogP) is 4.27. The zero-order chi connectivity index (χ0) is 12.7. The number of nitrogens with zero attached hydrogens (tertiary/aromatic N) is 1. The molecule has 0 bridgehead atoms. The van der Waals surface area contributed by atoms with E-state index in [0.717, 1.165) is 23.7 Å². The summed E-state index contributed by atoms with van der Waals surface area (Å²) in [5.74, 6) is 0. The van der Waals surface area contributed by atoms with Crippen LogP contribution in [0.4, 0.5) is 17.1 Å². The molecule has 2 nitrogen and oxygen atoms in total. The first-order valence-corrected chi connectivity index (χ1v) is 6.52. The summed E-state index contributed by atoms with van der Waals surface area (Å²) in [6.07, 6.45) is 0.984. The van der Waals surface area contributed by atoms with Gasteiger partial charge in [-0.1, -0.05) is 23.2 Å². The summed E-state index contributed by atoms with van der Waals surface area (Å²) in [6, 6.07) is 11.6. The minimum atomic E-state index is 0.659. The molecule has 1 heterocycles. The van der Waals surface area contributed by atoms with Crippen LogP contribution in [-0.2, 0) is 6.42 Å². The first-order valence-electron chi connectivity index (χ1n) is 5.76. The minimum Gasteiger partial charge on any atom is -0.397 e. The molecule has 18 heavy (non-hydrogen) atoms. The summed E-state index contributed by atoms with van der Waals surface area (Å²) in [6.45, 7) is 0.918. The molecule has 0 unspecified atom stereocenters. The normalized spacial score (nSPS) is 13.8. The van der Waals surface area contributed by atoms with Gasteiger partial charge >= 0.3 is 0 Å². The van der Waals surface area contributed by atoms with Gasteiger partial charge in [0.2, 0.25) is 0 Å². The van der Waals surface area contributed by atoms with Gasteiger partial charge in [0.05, 0.1) is 11.4 Å². The molecule has 0 aliphatic carbocycles. The van der Waals surface area contributed by atoms with E-state index in [1.807, 2.05) is 30.3 Å². The van der Waals surface area contributed by atoms with Crippen molar-refractivity contribution in [1.29, 1.82) is 0 Å². The third-order valence-electron chi connectivity index (χ3n) is 3.22. The number of nitrogen functional groups attached to an aromatic ring is 1. The van der Waals surface area contributed by atoms with Gasteiger partial charge in [0.15, 0.2) is 0 Å². The number of hydrogen-bond donors (Lipinski definition) is 1. The van der Waals surface area contributed by atoms with Crippen molar-refractivity contribution in [2.45, 2.75) is 6.42 Å². The second-order valence-corrected chi connectivity index (χ2v) is 5.25. The monoisotopic (exact) mass is 278 g/mol. The minimum absolute atomic E-state index is 0.659. The van der Waals surface area contributed by atoms with E-state index in [9.17, 15) is 0 Å². The summed E-state index contributed by atoms with van der Waals surface area (Å²) >= 11 is 11.9. The molecule has 2 aromatic carbocycles. The highest BCUT2D eigenvalue weighted by atomic mass is 35.5. The van der Waals surface area contributed by atoms with Crippen LogP contribution in [0.15, 0.2) is 36.4 Å². The van der Waals surface area contributed by atoms with E-state index < -0.39 is 0 Å². The number of hydrogen-bond acceptors (Lipinski definition) is 2. The van der Waals surface area contributed by atoms with Crippen LogP contribution in [0.5, 0.6) is 0 Å². The van der Waals surface area contributed by atoms with Crippen molar-refractivity contribution in [1.82, 2.24) is 0 Å². The van der Waals surface area contributed by atoms with Crippen LogP contribution in [0.1, 0.15) is 5.56 Å². The van der Waals surface area contributed by atoms with Gasteiger partial charge in [0.1, 0.15) is 0 Å². The SMILES string of the molecule is Nc1cc(Cl)ccc1N1CCc2cc(Cl)ccc21. The molecule has 0 spiro atoms. The molecule has 0 amide bonds. The fraction of sp³-hybridized carbons (Fsp3) is 0.143. The summed E-state index contributed by atoms with van der Waals surface area (Å²) in [7, 11) is 0. The van der Waals surface area contributed by atoms with Crippen LogP contribution in [-0.4, -0.2) is 6.54 Å². The van der Waals surface area contributed by atoms with E-state index in [1.54, 1.807) is 6.07 Å². The zero-order valence-corrected chi connectivity index (χ0v) is 11.2. The maximum absolute atomic E-state index is 6.04. The molecule has 2 aromatic rings. The van der Waals surface area contributed by atoms with Crippen molar-refractivity contribution >= 4 is 40.3 Å². The van der Waals surface area contributed by atoms with E-state index >= 15 is 0 Å². The third kappa shape index (κ3) is 1.92. The Bertz CT molecular complexity index is 611. The Kier molecular flexibility index (Phi) is 2.84. The number of fused-ring (bicyclic) bond motifs is 1. The number of halogens is 2. The Morgan fingerprint density at radius 1 is 0.944 bits per heavy atom. The van der Waals surface area contributed by atoms with Gasteiger partial charge < -0.3 is 10.6 Å². The quantitative estimate of drug-likeness (QED) is 0.790. The predicted molar refractivity (Wildman–Crippen MR) is 78.0 cm³/mol. The van der Waals surface area contributed by atoms with Crippen LogP contribution in [0.25, 0.3) is 0 Å². The van der Waals surface area contributed by atoms with Crippen LogP contribution in [0.3, 0.4) is 0 Å². The first-order chi connectivity index (χ1) is 8.65. The summed E-state index contributed by atoms with van der Waals surface area (Å²) in [5.41, 5.74) is 10.2. The lowest BCUT2D eigenvalue weighted by Crippen LogP contribution is -2.14. The lowest BCUT2D eigenvalue weighted by atomic mass is 10.1. The molecule has 0 saturated heterocycles. The van der Waals surface area contributed by atoms with Crippen molar-refractivity contribution < 1.29 is 0 Å². The van der Waals surface area contributed by atoms with Gasteiger partial charge in [-0.25, -0.2) is 0 Å². The highest BCUT2D eigenvalue weighted by molar-refractivity contribution is 6.31. The van der Waals surface area contributed by atoms with Crippen LogP contribution < -0.4 is 10.6 Å². The molecule has 0 saturated carbocycles. The van der Waals surface area contributed by atoms with Crippen molar-refractivity contribution in [2.75, 3.05) is 17.2 Å². The molecule has 0 radical (unpaired) electrons. The second kappa shape index (κ2) is 4.38. The maximum Gasteiger partial charge on any atom is 0.0645 e. The number of nitrogens with two attached hydrogens (primary N) is 1. The van der Waals surface area contributed by atoms with E-state index in [2.05, 4.69) is 4.90 Å². The van der Waals surface area contributed by atoms with E-state index in [1.165, 1.54) is 11.3 Å². The lowest BCUT2D eigenvalue weighted by Gasteiger charge is -2.21. The van der Waals surface area contributed by atoms with Crippen molar-refractivity contribution in [3.63, 3.8) is 0 Å². The maximum atomic E-state index is 6.04. The largest absolute Gasteiger partial charge is 0.397 e. The zero-order valence-electron chi connectivity index (χ0n) is 9.66. The Morgan fingerprint density at radius 3 is 2.33 bits per heavy atom. The molecule has 92 valence electrons. The molecule has 1 aliphatic heterocycles. The number of rotatable bonds is 1. The van der Waals surface area contributed by atoms with E-state index in [0.29, 0.717) is 10.7 Å². The Morgan fingerprint density at radius 2 is 1.61 bits per heavy atom. The highest BCUT2D eigenvalue weighted by Crippen LogP contribution is 2.39. The van der Waals surface area contributed by atoms with Crippen molar-refractivity contribution in [3.05, 3.63) is 52.0 Å². The standard InChI is InChI=1S/C14H12Cl2N2/c15-10-1-3-13-9(7-10)5-6-18(13)14-4-2-11(16)8-12(14)17/h1-4,7-8H,5-6,17H2. The summed E-state index contributed by atoms with van der Waals surface area (Å²) < 4.78 is 0. The number of benzene rings is 2. The highest BCUT2D eigenvalue weighted by Gasteiger charge is 2.21. The molecule has 3 rings (SSSR count). The summed E-state index contributed by atoms with van der Waals surface area (Å²) in [5, 5.41) is 1.44. The van der Waals surface area contributed by atoms with E-state index in [-0.39, 0.29) is 0 Å². The molecule has 0 fully saturated rings. The molecule has 1 aliphatic rings. The van der Waals surface area contributed by atoms with Gasteiger partial charge in [0, 0.05) is 22.3 Å². The number of anilines is 3. The van der Waals surface area contributed by atoms with Gasteiger partial charge in [-0.2, -0.15) is 0 Å². The van der Waals surface area contributed by atoms with Crippen LogP contribution >= 0.6 is 23.2 Å². The Hall–Kier alpha value is -1.38. The third-order valence-corrected chi connectivity index (χ3v) is 3.69. The first kappa shape index (κ1) is 11.7. The van der Waals surface area contributed by atoms with Crippen LogP contribution in [0, 0.1) is 0 Å². The fourth-order valence-corrected chi connectivity index (χ4v) is 2.77. The molecule has 2 N–H and O–H groups in total. The Labute approximate surface area is 116 Å². The molecular weight excluding hydrogens is 267 g/mol. The smallest absolute Gasteiger partial charge is 0.0645 e. The van der Waals surface area contributed by atoms with Crippen molar-refractivity contribution in [2.24, 2.45) is 0 Å². The second-order valence-electron chi connectivity index (χ2n) is 4.38. The van der Waals surface area contributed by atoms with Gasteiger partial charge in [0.25, 0.3) is 0 Å². The lowest BCUT2D eigenvalue weighted by molar-refractivity contribution is 1.000. The van der Waals surface area contributed by atoms with Gasteiger partial charge in [-0.05, 0) is 48.4 Å². The van der Waals surface area contributed by atoms with Gasteiger partial charge in [-0.15, -0.1) is 0 Å². The van der Waals surface area contributed by atoms with E-state index in [4.69, 9.17) is 28.9 Å². The molecular formula is C14H12Cl2N2. The van der Waals surface area contributed by atoms with Crippen LogP contribution in [0.2, 0.25) is 10.0 Å². The van der Waals surface area contributed by atoms with Gasteiger partial charge in [-0.3, -0.25) is 0 Å². The summed E-state index contributed by atoms with van der Waals surface area (Å²) in [4.78, 5) is 2.21. The molecule has 0 atom stereocenters. The fourth-order valence-electron chi connectivity index (χ4n) is 2.39. The average Bonchev–Trinajstić information content (AvgIpc) is 2.72.